The molecule has 9 nitrogen and oxygen atoms in total. The molecule has 2 aliphatic rings. The molecule has 45 heavy (non-hydrogen) atoms. The molecule has 2 heterocycles. The predicted molar refractivity (Wildman–Crippen MR) is 165 cm³/mol. The lowest BCUT2D eigenvalue weighted by molar-refractivity contribution is -0.123. The number of amides is 3. The first-order valence-electron chi connectivity index (χ1n) is 14.7. The fourth-order valence-corrected chi connectivity index (χ4v) is 5.65. The molecular weight excluding hydrogens is 577 g/mol. The van der Waals surface area contributed by atoms with Crippen molar-refractivity contribution in [2.75, 3.05) is 26.8 Å². The number of fused-ring (bicyclic) bond motifs is 5. The maximum absolute atomic E-state index is 14.6. The van der Waals surface area contributed by atoms with E-state index in [1.54, 1.807) is 29.2 Å². The molecule has 4 aromatic rings. The lowest BCUT2D eigenvalue weighted by Gasteiger charge is -2.39. The van der Waals surface area contributed by atoms with Gasteiger partial charge in [0.25, 0.3) is 17.7 Å². The minimum absolute atomic E-state index is 0.0570. The minimum Gasteiger partial charge on any atom is -0.493 e. The first-order valence-corrected chi connectivity index (χ1v) is 14.7. The largest absolute Gasteiger partial charge is 0.493 e. The van der Waals surface area contributed by atoms with Crippen LogP contribution < -0.4 is 24.8 Å². The van der Waals surface area contributed by atoms with E-state index in [1.807, 2.05) is 48.5 Å². The van der Waals surface area contributed by atoms with E-state index in [0.717, 1.165) is 11.1 Å². The number of benzene rings is 4. The number of nitrogens with zero attached hydrogens (tertiary/aromatic N) is 1. The van der Waals surface area contributed by atoms with Crippen LogP contribution in [0.5, 0.6) is 17.2 Å². The number of carbonyl (C=O) groups excluding carboxylic acids is 3. The first-order chi connectivity index (χ1) is 21.9. The van der Waals surface area contributed by atoms with Crippen molar-refractivity contribution < 1.29 is 33.0 Å². The SMILES string of the molecule is COc1ccc2cc1OCC(=O)NCc1cc(F)cc(c1)O[C@@H]1CCN(C(=O)c3ccccc3-c3ccccc3)C[C@@H]1NC2=O. The zero-order valence-corrected chi connectivity index (χ0v) is 24.6. The van der Waals surface area contributed by atoms with Gasteiger partial charge >= 0.3 is 0 Å². The number of rotatable bonds is 3. The van der Waals surface area contributed by atoms with Crippen molar-refractivity contribution in [1.82, 2.24) is 15.5 Å². The number of carbonyl (C=O) groups is 3. The fraction of sp³-hybridized carbons (Fsp3) is 0.229. The molecule has 2 atom stereocenters. The molecule has 0 aliphatic carbocycles. The fourth-order valence-electron chi connectivity index (χ4n) is 5.65. The van der Waals surface area contributed by atoms with E-state index in [1.165, 1.54) is 25.3 Å². The van der Waals surface area contributed by atoms with E-state index >= 15 is 0 Å². The number of likely N-dealkylation sites (tertiary alicyclic amines) is 1. The smallest absolute Gasteiger partial charge is 0.258 e. The second kappa shape index (κ2) is 13.1. The van der Waals surface area contributed by atoms with Gasteiger partial charge in [-0.05, 0) is 53.1 Å². The average Bonchev–Trinajstić information content (AvgIpc) is 3.06. The molecule has 4 bridgehead atoms. The van der Waals surface area contributed by atoms with Crippen molar-refractivity contribution in [3.8, 4) is 28.4 Å². The zero-order chi connectivity index (χ0) is 31.3. The second-order valence-electron chi connectivity index (χ2n) is 10.9. The Kier molecular flexibility index (Phi) is 8.63. The van der Waals surface area contributed by atoms with Crippen LogP contribution in [0.1, 0.15) is 32.7 Å². The normalized spacial score (nSPS) is 18.4. The standard InChI is InChI=1S/C35H32FN3O6/c1-43-31-12-11-24-17-32(31)44-21-33(40)37-19-22-15-25(36)18-26(16-22)45-30-13-14-39(20-29(30)38-34(24)41)35(42)28-10-6-5-9-27(28)23-7-3-2-4-8-23/h2-12,15-18,29-30H,13-14,19-21H2,1H3,(H,37,40)(H,38,41)/t29-,30+/m0/s1. The molecule has 0 saturated carbocycles. The molecule has 0 unspecified atom stereocenters. The molecule has 4 aromatic carbocycles. The van der Waals surface area contributed by atoms with Gasteiger partial charge in [0.2, 0.25) is 0 Å². The van der Waals surface area contributed by atoms with Crippen LogP contribution in [0, 0.1) is 5.82 Å². The lowest BCUT2D eigenvalue weighted by atomic mass is 9.96. The van der Waals surface area contributed by atoms with E-state index in [0.29, 0.717) is 29.8 Å². The third-order valence-corrected chi connectivity index (χ3v) is 7.89. The number of piperidine rings is 1. The molecule has 2 aliphatic heterocycles. The highest BCUT2D eigenvalue weighted by molar-refractivity contribution is 6.01. The maximum atomic E-state index is 14.6. The topological polar surface area (TPSA) is 106 Å². The van der Waals surface area contributed by atoms with Crippen molar-refractivity contribution >= 4 is 17.7 Å². The third-order valence-electron chi connectivity index (χ3n) is 7.89. The van der Waals surface area contributed by atoms with E-state index in [9.17, 15) is 18.8 Å². The van der Waals surface area contributed by atoms with Crippen molar-refractivity contribution in [2.24, 2.45) is 0 Å². The third kappa shape index (κ3) is 6.75. The van der Waals surface area contributed by atoms with E-state index in [4.69, 9.17) is 14.2 Å². The Morgan fingerprint density at radius 2 is 1.76 bits per heavy atom. The summed E-state index contributed by atoms with van der Waals surface area (Å²) in [7, 11) is 1.46. The number of ether oxygens (including phenoxy) is 3. The predicted octanol–water partition coefficient (Wildman–Crippen LogP) is 4.60. The Bertz CT molecular complexity index is 1730. The van der Waals surface area contributed by atoms with Gasteiger partial charge in [-0.25, -0.2) is 4.39 Å². The highest BCUT2D eigenvalue weighted by atomic mass is 19.1. The molecular formula is C35H32FN3O6. The van der Waals surface area contributed by atoms with Crippen LogP contribution in [0.15, 0.2) is 91.0 Å². The van der Waals surface area contributed by atoms with E-state index < -0.39 is 29.8 Å². The van der Waals surface area contributed by atoms with Crippen LogP contribution in [0.4, 0.5) is 4.39 Å². The van der Waals surface area contributed by atoms with Gasteiger partial charge < -0.3 is 29.7 Å². The van der Waals surface area contributed by atoms with Gasteiger partial charge in [0.15, 0.2) is 18.1 Å². The Balaban J connectivity index is 1.32. The molecule has 2 N–H and O–H groups in total. The number of halogens is 1. The molecule has 10 heteroatoms. The summed E-state index contributed by atoms with van der Waals surface area (Å²) in [6, 6.07) is 25.4. The van der Waals surface area contributed by atoms with Gasteiger partial charge in [-0.15, -0.1) is 0 Å². The van der Waals surface area contributed by atoms with Crippen molar-refractivity contribution in [3.63, 3.8) is 0 Å². The van der Waals surface area contributed by atoms with Crippen molar-refractivity contribution in [1.29, 1.82) is 0 Å². The summed E-state index contributed by atoms with van der Waals surface area (Å²) in [5.41, 5.74) is 3.05. The lowest BCUT2D eigenvalue weighted by Crippen LogP contribution is -2.58. The number of nitrogens with one attached hydrogen (secondary N) is 2. The average molecular weight is 610 g/mol. The molecule has 0 spiro atoms. The van der Waals surface area contributed by atoms with Crippen molar-refractivity contribution in [3.05, 3.63) is 114 Å². The van der Waals surface area contributed by atoms with Gasteiger partial charge in [-0.1, -0.05) is 48.5 Å². The highest BCUT2D eigenvalue weighted by Gasteiger charge is 2.35. The van der Waals surface area contributed by atoms with Gasteiger partial charge in [0.05, 0.1) is 13.2 Å². The van der Waals surface area contributed by atoms with Crippen LogP contribution in [-0.4, -0.2) is 61.6 Å². The Morgan fingerprint density at radius 3 is 2.58 bits per heavy atom. The zero-order valence-electron chi connectivity index (χ0n) is 24.6. The maximum Gasteiger partial charge on any atom is 0.258 e. The highest BCUT2D eigenvalue weighted by Crippen LogP contribution is 2.30. The van der Waals surface area contributed by atoms with E-state index in [-0.39, 0.29) is 42.7 Å². The molecule has 3 amide bonds. The Hall–Kier alpha value is -5.38. The van der Waals surface area contributed by atoms with Crippen LogP contribution in [0.3, 0.4) is 0 Å². The Labute approximate surface area is 259 Å². The number of hydrogen-bond acceptors (Lipinski definition) is 6. The summed E-state index contributed by atoms with van der Waals surface area (Å²) in [6.45, 7) is 0.238. The van der Waals surface area contributed by atoms with Crippen LogP contribution in [-0.2, 0) is 11.3 Å². The quantitative estimate of drug-likeness (QED) is 0.352. The molecule has 0 radical (unpaired) electrons. The summed E-state index contributed by atoms with van der Waals surface area (Å²) in [5.74, 6) is -0.743. The van der Waals surface area contributed by atoms with Crippen LogP contribution in [0.25, 0.3) is 11.1 Å². The van der Waals surface area contributed by atoms with Gasteiger partial charge in [0, 0.05) is 43.2 Å². The molecule has 1 fully saturated rings. The number of methoxy groups -OCH3 is 1. The van der Waals surface area contributed by atoms with Gasteiger partial charge in [-0.3, -0.25) is 14.4 Å². The first kappa shape index (κ1) is 29.7. The summed E-state index contributed by atoms with van der Waals surface area (Å²) >= 11 is 0. The monoisotopic (exact) mass is 609 g/mol. The number of hydrogen-bond donors (Lipinski definition) is 2. The van der Waals surface area contributed by atoms with E-state index in [2.05, 4.69) is 10.6 Å². The molecule has 6 rings (SSSR count). The minimum atomic E-state index is -0.634. The molecule has 230 valence electrons. The van der Waals surface area contributed by atoms with Gasteiger partial charge in [0.1, 0.15) is 17.7 Å². The summed E-state index contributed by atoms with van der Waals surface area (Å²) in [4.78, 5) is 41.8. The van der Waals surface area contributed by atoms with Crippen molar-refractivity contribution in [2.45, 2.75) is 25.1 Å². The summed E-state index contributed by atoms with van der Waals surface area (Å²) in [5, 5.41) is 5.74. The second-order valence-corrected chi connectivity index (χ2v) is 10.9. The molecule has 1 saturated heterocycles. The van der Waals surface area contributed by atoms with Gasteiger partial charge in [-0.2, -0.15) is 0 Å². The van der Waals surface area contributed by atoms with Crippen LogP contribution in [0.2, 0.25) is 0 Å². The molecule has 0 aromatic heterocycles. The summed E-state index contributed by atoms with van der Waals surface area (Å²) < 4.78 is 32.0. The van der Waals surface area contributed by atoms with Crippen LogP contribution >= 0.6 is 0 Å². The summed E-state index contributed by atoms with van der Waals surface area (Å²) in [6.07, 6.45) is -0.197. The Morgan fingerprint density at radius 1 is 0.956 bits per heavy atom.